The van der Waals surface area contributed by atoms with Crippen molar-refractivity contribution >= 4 is 5.78 Å². The molecule has 11 heavy (non-hydrogen) atoms. The van der Waals surface area contributed by atoms with Gasteiger partial charge in [-0.25, -0.2) is 0 Å². The second-order valence-electron chi connectivity index (χ2n) is 2.22. The van der Waals surface area contributed by atoms with Crippen LogP contribution in [0.4, 0.5) is 0 Å². The third-order valence-corrected chi connectivity index (χ3v) is 1.46. The molecule has 1 aromatic rings. The first-order valence-electron chi connectivity index (χ1n) is 3.48. The molecule has 0 bridgehead atoms. The standard InChI is InChI=1S/C9H9O2/c1-2-8(10)7-5-3-4-6-9(7)11/h4-6,11H,2H2,1H3. The van der Waals surface area contributed by atoms with E-state index in [4.69, 9.17) is 0 Å². The van der Waals surface area contributed by atoms with Gasteiger partial charge in [0.25, 0.3) is 0 Å². The van der Waals surface area contributed by atoms with Gasteiger partial charge < -0.3 is 5.11 Å². The first-order chi connectivity index (χ1) is 5.25. The van der Waals surface area contributed by atoms with E-state index in [0.29, 0.717) is 12.0 Å². The second-order valence-corrected chi connectivity index (χ2v) is 2.22. The summed E-state index contributed by atoms with van der Waals surface area (Å²) in [6.45, 7) is 1.76. The Hall–Kier alpha value is -1.31. The van der Waals surface area contributed by atoms with Gasteiger partial charge >= 0.3 is 0 Å². The summed E-state index contributed by atoms with van der Waals surface area (Å²) in [6.07, 6.45) is 0.408. The molecule has 0 fully saturated rings. The predicted molar refractivity (Wildman–Crippen MR) is 41.6 cm³/mol. The van der Waals surface area contributed by atoms with Crippen molar-refractivity contribution in [2.45, 2.75) is 13.3 Å². The number of benzene rings is 1. The average Bonchev–Trinajstić information content (AvgIpc) is 2.04. The molecule has 1 radical (unpaired) electrons. The topological polar surface area (TPSA) is 37.3 Å². The van der Waals surface area contributed by atoms with Gasteiger partial charge in [0.15, 0.2) is 5.78 Å². The molecular formula is C9H9O2. The summed E-state index contributed by atoms with van der Waals surface area (Å²) in [5.74, 6) is -0.0186. The number of carbonyl (C=O) groups excluding carboxylic acids is 1. The molecule has 0 aliphatic heterocycles. The van der Waals surface area contributed by atoms with Crippen LogP contribution in [0.2, 0.25) is 0 Å². The molecule has 1 aromatic carbocycles. The van der Waals surface area contributed by atoms with Crippen LogP contribution in [-0.4, -0.2) is 10.9 Å². The van der Waals surface area contributed by atoms with Crippen molar-refractivity contribution in [2.24, 2.45) is 0 Å². The Kier molecular flexibility index (Phi) is 2.26. The Bertz CT molecular complexity index is 266. The predicted octanol–water partition coefficient (Wildman–Crippen LogP) is 1.79. The number of Topliss-reactive ketones (excluding diaryl/α,β-unsaturated/α-hetero) is 1. The van der Waals surface area contributed by atoms with Crippen LogP contribution in [0.15, 0.2) is 18.2 Å². The molecule has 0 aromatic heterocycles. The Morgan fingerprint density at radius 2 is 2.45 bits per heavy atom. The number of carbonyl (C=O) groups is 1. The zero-order valence-electron chi connectivity index (χ0n) is 6.29. The van der Waals surface area contributed by atoms with E-state index in [2.05, 4.69) is 6.07 Å². The molecule has 0 amide bonds. The van der Waals surface area contributed by atoms with Crippen LogP contribution in [0, 0.1) is 6.07 Å². The van der Waals surface area contributed by atoms with Crippen LogP contribution in [0.1, 0.15) is 23.7 Å². The summed E-state index contributed by atoms with van der Waals surface area (Å²) >= 11 is 0. The smallest absolute Gasteiger partial charge is 0.166 e. The molecule has 2 heteroatoms. The highest BCUT2D eigenvalue weighted by atomic mass is 16.3. The number of rotatable bonds is 2. The van der Waals surface area contributed by atoms with Gasteiger partial charge in [-0.3, -0.25) is 4.79 Å². The first kappa shape index (κ1) is 7.79. The van der Waals surface area contributed by atoms with Crippen LogP contribution < -0.4 is 0 Å². The molecule has 2 nitrogen and oxygen atoms in total. The molecule has 0 heterocycles. The fourth-order valence-corrected chi connectivity index (χ4v) is 0.836. The molecule has 0 saturated carbocycles. The Morgan fingerprint density at radius 1 is 1.73 bits per heavy atom. The molecule has 0 aliphatic carbocycles. The summed E-state index contributed by atoms with van der Waals surface area (Å²) in [5.41, 5.74) is 0.356. The van der Waals surface area contributed by atoms with Crippen LogP contribution in [-0.2, 0) is 0 Å². The number of phenolic OH excluding ortho intramolecular Hbond substituents is 1. The SMILES string of the molecule is CCC(=O)c1c[c]ccc1O. The molecule has 0 atom stereocenters. The molecule has 0 spiro atoms. The molecule has 0 unspecified atom stereocenters. The number of aromatic hydroxyl groups is 1. The molecular weight excluding hydrogens is 140 g/mol. The van der Waals surface area contributed by atoms with E-state index in [1.807, 2.05) is 0 Å². The average molecular weight is 149 g/mol. The zero-order valence-corrected chi connectivity index (χ0v) is 6.29. The zero-order chi connectivity index (χ0) is 8.27. The molecule has 1 N–H and O–H groups in total. The third kappa shape index (κ3) is 1.58. The van der Waals surface area contributed by atoms with E-state index in [9.17, 15) is 9.90 Å². The highest BCUT2D eigenvalue weighted by Crippen LogP contribution is 2.16. The van der Waals surface area contributed by atoms with Gasteiger partial charge in [-0.1, -0.05) is 13.0 Å². The van der Waals surface area contributed by atoms with Crippen molar-refractivity contribution in [3.05, 3.63) is 29.8 Å². The summed E-state index contributed by atoms with van der Waals surface area (Å²) < 4.78 is 0. The normalized spacial score (nSPS) is 9.55. The van der Waals surface area contributed by atoms with Crippen molar-refractivity contribution in [3.63, 3.8) is 0 Å². The number of hydrogen-bond acceptors (Lipinski definition) is 2. The van der Waals surface area contributed by atoms with E-state index < -0.39 is 0 Å². The fourth-order valence-electron chi connectivity index (χ4n) is 0.836. The van der Waals surface area contributed by atoms with E-state index in [1.165, 1.54) is 12.1 Å². The maximum atomic E-state index is 11.1. The fraction of sp³-hybridized carbons (Fsp3) is 0.222. The molecule has 0 saturated heterocycles. The van der Waals surface area contributed by atoms with Crippen molar-refractivity contribution in [1.29, 1.82) is 0 Å². The monoisotopic (exact) mass is 149 g/mol. The lowest BCUT2D eigenvalue weighted by atomic mass is 10.1. The van der Waals surface area contributed by atoms with Crippen LogP contribution in [0.5, 0.6) is 5.75 Å². The number of ketones is 1. The summed E-state index contributed by atoms with van der Waals surface area (Å²) in [4.78, 5) is 11.1. The van der Waals surface area contributed by atoms with E-state index >= 15 is 0 Å². The number of phenols is 1. The minimum atomic E-state index is -0.0562. The second kappa shape index (κ2) is 3.19. The lowest BCUT2D eigenvalue weighted by molar-refractivity contribution is 0.0985. The van der Waals surface area contributed by atoms with Crippen molar-refractivity contribution < 1.29 is 9.90 Å². The molecule has 57 valence electrons. The van der Waals surface area contributed by atoms with Gasteiger partial charge in [0.1, 0.15) is 5.75 Å². The van der Waals surface area contributed by atoms with E-state index in [1.54, 1.807) is 13.0 Å². The van der Waals surface area contributed by atoms with Gasteiger partial charge in [-0.15, -0.1) is 0 Å². The van der Waals surface area contributed by atoms with Gasteiger partial charge in [-0.2, -0.15) is 0 Å². The Balaban J connectivity index is 3.03. The summed E-state index contributed by atoms with van der Waals surface area (Å²) in [6, 6.07) is 7.27. The van der Waals surface area contributed by atoms with Gasteiger partial charge in [0.2, 0.25) is 0 Å². The highest BCUT2D eigenvalue weighted by molar-refractivity contribution is 5.98. The minimum absolute atomic E-state index is 0.0376. The summed E-state index contributed by atoms with van der Waals surface area (Å²) in [7, 11) is 0. The van der Waals surface area contributed by atoms with Gasteiger partial charge in [0, 0.05) is 6.42 Å². The minimum Gasteiger partial charge on any atom is -0.507 e. The Labute approximate surface area is 65.5 Å². The van der Waals surface area contributed by atoms with Crippen molar-refractivity contribution in [1.82, 2.24) is 0 Å². The lowest BCUT2D eigenvalue weighted by Gasteiger charge is -1.98. The largest absolute Gasteiger partial charge is 0.507 e. The quantitative estimate of drug-likeness (QED) is 0.651. The van der Waals surface area contributed by atoms with Crippen LogP contribution >= 0.6 is 0 Å². The summed E-state index contributed by atoms with van der Waals surface area (Å²) in [5, 5.41) is 9.17. The Morgan fingerprint density at radius 3 is 3.00 bits per heavy atom. The van der Waals surface area contributed by atoms with E-state index in [0.717, 1.165) is 0 Å². The van der Waals surface area contributed by atoms with Crippen LogP contribution in [0.3, 0.4) is 0 Å². The van der Waals surface area contributed by atoms with Gasteiger partial charge in [0.05, 0.1) is 5.56 Å². The maximum absolute atomic E-state index is 11.1. The molecule has 0 aliphatic rings. The van der Waals surface area contributed by atoms with Crippen molar-refractivity contribution in [3.8, 4) is 5.75 Å². The maximum Gasteiger partial charge on any atom is 0.166 e. The van der Waals surface area contributed by atoms with Crippen molar-refractivity contribution in [2.75, 3.05) is 0 Å². The highest BCUT2D eigenvalue weighted by Gasteiger charge is 2.06. The van der Waals surface area contributed by atoms with Gasteiger partial charge in [-0.05, 0) is 18.2 Å². The van der Waals surface area contributed by atoms with E-state index in [-0.39, 0.29) is 11.5 Å². The van der Waals surface area contributed by atoms with Crippen LogP contribution in [0.25, 0.3) is 0 Å². The molecule has 1 rings (SSSR count). The number of hydrogen-bond donors (Lipinski definition) is 1. The third-order valence-electron chi connectivity index (χ3n) is 1.46. The lowest BCUT2D eigenvalue weighted by Crippen LogP contribution is -1.95. The first-order valence-corrected chi connectivity index (χ1v) is 3.48.